The molecule has 0 aliphatic heterocycles. The van der Waals surface area contributed by atoms with Gasteiger partial charge in [-0.3, -0.25) is 4.79 Å². The number of benzene rings is 1. The highest BCUT2D eigenvalue weighted by atomic mass is 16.3. The van der Waals surface area contributed by atoms with Gasteiger partial charge in [0.05, 0.1) is 5.56 Å². The van der Waals surface area contributed by atoms with E-state index >= 15 is 0 Å². The summed E-state index contributed by atoms with van der Waals surface area (Å²) in [5.41, 5.74) is 1.39. The van der Waals surface area contributed by atoms with Crippen LogP contribution in [0.25, 0.3) is 11.0 Å². The molecule has 3 nitrogen and oxygen atoms in total. The lowest BCUT2D eigenvalue weighted by Crippen LogP contribution is -2.34. The Morgan fingerprint density at radius 3 is 2.58 bits per heavy atom. The molecule has 0 spiro atoms. The molecule has 1 N–H and O–H groups in total. The van der Waals surface area contributed by atoms with E-state index in [9.17, 15) is 4.79 Å². The number of nitrogens with one attached hydrogen (secondary N) is 1. The zero-order chi connectivity index (χ0) is 13.7. The third kappa shape index (κ3) is 3.16. The molecule has 0 radical (unpaired) electrons. The van der Waals surface area contributed by atoms with Crippen molar-refractivity contribution in [3.8, 4) is 0 Å². The van der Waals surface area contributed by atoms with Crippen LogP contribution in [-0.4, -0.2) is 11.9 Å². The lowest BCUT2D eigenvalue weighted by atomic mass is 10.1. The number of hydrogen-bond donors (Lipinski definition) is 1. The van der Waals surface area contributed by atoms with Gasteiger partial charge >= 0.3 is 0 Å². The smallest absolute Gasteiger partial charge is 0.255 e. The van der Waals surface area contributed by atoms with Crippen LogP contribution in [-0.2, 0) is 0 Å². The Balaban J connectivity index is 2.14. The van der Waals surface area contributed by atoms with Crippen LogP contribution in [0.2, 0.25) is 0 Å². The van der Waals surface area contributed by atoms with Crippen LogP contribution in [0.1, 0.15) is 49.9 Å². The molecule has 0 unspecified atom stereocenters. The average Bonchev–Trinajstić information content (AvgIpc) is 2.83. The maximum atomic E-state index is 12.3. The lowest BCUT2D eigenvalue weighted by Gasteiger charge is -2.16. The van der Waals surface area contributed by atoms with Gasteiger partial charge in [0.1, 0.15) is 11.8 Å². The Kier molecular flexibility index (Phi) is 4.61. The summed E-state index contributed by atoms with van der Waals surface area (Å²) >= 11 is 0. The third-order valence-electron chi connectivity index (χ3n) is 3.34. The first kappa shape index (κ1) is 13.7. The Morgan fingerprint density at radius 1 is 1.21 bits per heavy atom. The van der Waals surface area contributed by atoms with Gasteiger partial charge in [0.25, 0.3) is 5.91 Å². The summed E-state index contributed by atoms with van der Waals surface area (Å²) in [6.45, 7) is 4.28. The summed E-state index contributed by atoms with van der Waals surface area (Å²) in [7, 11) is 0. The molecule has 0 saturated heterocycles. The van der Waals surface area contributed by atoms with Crippen molar-refractivity contribution < 1.29 is 9.21 Å². The van der Waals surface area contributed by atoms with Gasteiger partial charge < -0.3 is 9.73 Å². The normalized spacial score (nSPS) is 11.1. The highest BCUT2D eigenvalue weighted by Gasteiger charge is 2.16. The first-order valence-corrected chi connectivity index (χ1v) is 7.03. The van der Waals surface area contributed by atoms with E-state index in [1.165, 1.54) is 0 Å². The van der Waals surface area contributed by atoms with E-state index in [1.807, 2.05) is 24.3 Å². The second-order valence-electron chi connectivity index (χ2n) is 4.89. The molecule has 1 amide bonds. The molecule has 1 aromatic carbocycles. The second kappa shape index (κ2) is 6.41. The quantitative estimate of drug-likeness (QED) is 0.847. The predicted octanol–water partition coefficient (Wildman–Crippen LogP) is 4.13. The maximum Gasteiger partial charge on any atom is 0.255 e. The van der Waals surface area contributed by atoms with Crippen LogP contribution in [0, 0.1) is 0 Å². The summed E-state index contributed by atoms with van der Waals surface area (Å²) in [6.07, 6.45) is 5.76. The minimum Gasteiger partial charge on any atom is -0.463 e. The van der Waals surface area contributed by atoms with E-state index in [0.29, 0.717) is 5.56 Å². The van der Waals surface area contributed by atoms with Gasteiger partial charge in [0, 0.05) is 11.4 Å². The van der Waals surface area contributed by atoms with Crippen LogP contribution in [0.3, 0.4) is 0 Å². The molecule has 0 aliphatic rings. The maximum absolute atomic E-state index is 12.3. The summed E-state index contributed by atoms with van der Waals surface area (Å²) < 4.78 is 5.41. The number of para-hydroxylation sites is 1. The minimum absolute atomic E-state index is 0.0307. The van der Waals surface area contributed by atoms with E-state index in [0.717, 1.165) is 36.7 Å². The van der Waals surface area contributed by atoms with Crippen molar-refractivity contribution in [1.82, 2.24) is 5.32 Å². The number of hydrogen-bond acceptors (Lipinski definition) is 2. The molecule has 19 heavy (non-hydrogen) atoms. The van der Waals surface area contributed by atoms with E-state index in [1.54, 1.807) is 6.26 Å². The van der Waals surface area contributed by atoms with Crippen molar-refractivity contribution in [3.05, 3.63) is 36.1 Å². The molecular weight excluding hydrogens is 238 g/mol. The van der Waals surface area contributed by atoms with Crippen molar-refractivity contribution in [2.24, 2.45) is 0 Å². The first-order chi connectivity index (χ1) is 9.26. The fourth-order valence-corrected chi connectivity index (χ4v) is 2.40. The molecule has 1 heterocycles. The molecule has 3 heteroatoms. The molecule has 0 atom stereocenters. The van der Waals surface area contributed by atoms with E-state index < -0.39 is 0 Å². The van der Waals surface area contributed by atoms with Crippen molar-refractivity contribution in [2.45, 2.75) is 45.6 Å². The number of fused-ring (bicyclic) bond motifs is 1. The second-order valence-corrected chi connectivity index (χ2v) is 4.89. The van der Waals surface area contributed by atoms with Crippen molar-refractivity contribution in [1.29, 1.82) is 0 Å². The minimum atomic E-state index is -0.0307. The van der Waals surface area contributed by atoms with Gasteiger partial charge in [-0.2, -0.15) is 0 Å². The average molecular weight is 259 g/mol. The molecule has 0 bridgehead atoms. The number of carbonyl (C=O) groups is 1. The largest absolute Gasteiger partial charge is 0.463 e. The molecular formula is C16H21NO2. The Bertz CT molecular complexity index is 538. The fourth-order valence-electron chi connectivity index (χ4n) is 2.40. The monoisotopic (exact) mass is 259 g/mol. The van der Waals surface area contributed by atoms with Gasteiger partial charge in [0.15, 0.2) is 0 Å². The summed E-state index contributed by atoms with van der Waals surface area (Å²) in [4.78, 5) is 12.3. The third-order valence-corrected chi connectivity index (χ3v) is 3.34. The lowest BCUT2D eigenvalue weighted by molar-refractivity contribution is 0.0933. The SMILES string of the molecule is CCCC(CCC)NC(=O)c1coc2ccccc12. The van der Waals surface area contributed by atoms with Crippen molar-refractivity contribution in [2.75, 3.05) is 0 Å². The molecule has 2 rings (SSSR count). The van der Waals surface area contributed by atoms with Crippen LogP contribution in [0.4, 0.5) is 0 Å². The Morgan fingerprint density at radius 2 is 1.89 bits per heavy atom. The van der Waals surface area contributed by atoms with Gasteiger partial charge in [-0.1, -0.05) is 44.9 Å². The zero-order valence-electron chi connectivity index (χ0n) is 11.6. The highest BCUT2D eigenvalue weighted by Crippen LogP contribution is 2.21. The van der Waals surface area contributed by atoms with Crippen molar-refractivity contribution >= 4 is 16.9 Å². The molecule has 102 valence electrons. The number of furan rings is 1. The Hall–Kier alpha value is -1.77. The van der Waals surface area contributed by atoms with Crippen LogP contribution in [0.5, 0.6) is 0 Å². The van der Waals surface area contributed by atoms with Gasteiger partial charge in [-0.05, 0) is 18.9 Å². The molecule has 1 aromatic heterocycles. The molecule has 2 aromatic rings. The van der Waals surface area contributed by atoms with Crippen LogP contribution in [0.15, 0.2) is 34.9 Å². The summed E-state index contributed by atoms with van der Waals surface area (Å²) in [6, 6.07) is 7.88. The first-order valence-electron chi connectivity index (χ1n) is 7.03. The van der Waals surface area contributed by atoms with E-state index in [2.05, 4.69) is 19.2 Å². The standard InChI is InChI=1S/C16H21NO2/c1-3-7-12(8-4-2)17-16(18)14-11-19-15-10-6-5-9-13(14)15/h5-6,9-12H,3-4,7-8H2,1-2H3,(H,17,18). The highest BCUT2D eigenvalue weighted by molar-refractivity contribution is 6.05. The summed E-state index contributed by atoms with van der Waals surface area (Å²) in [5.74, 6) is -0.0307. The Labute approximate surface area is 114 Å². The fraction of sp³-hybridized carbons (Fsp3) is 0.438. The number of rotatable bonds is 6. The van der Waals surface area contributed by atoms with Crippen LogP contribution >= 0.6 is 0 Å². The predicted molar refractivity (Wildman–Crippen MR) is 77.3 cm³/mol. The molecule has 0 saturated carbocycles. The molecule has 0 aliphatic carbocycles. The topological polar surface area (TPSA) is 42.2 Å². The van der Waals surface area contributed by atoms with Gasteiger partial charge in [0.2, 0.25) is 0 Å². The number of carbonyl (C=O) groups excluding carboxylic acids is 1. The van der Waals surface area contributed by atoms with Crippen molar-refractivity contribution in [3.63, 3.8) is 0 Å². The molecule has 0 fully saturated rings. The zero-order valence-corrected chi connectivity index (χ0v) is 11.6. The van der Waals surface area contributed by atoms with Gasteiger partial charge in [-0.15, -0.1) is 0 Å². The summed E-state index contributed by atoms with van der Waals surface area (Å²) in [5, 5.41) is 4.00. The van der Waals surface area contributed by atoms with E-state index in [-0.39, 0.29) is 11.9 Å². The van der Waals surface area contributed by atoms with Crippen LogP contribution < -0.4 is 5.32 Å². The van der Waals surface area contributed by atoms with Gasteiger partial charge in [-0.25, -0.2) is 0 Å². The number of amides is 1. The van der Waals surface area contributed by atoms with E-state index in [4.69, 9.17) is 4.42 Å².